The number of hydrogen-bond donors (Lipinski definition) is 1. The number of rotatable bonds is 5. The van der Waals surface area contributed by atoms with Gasteiger partial charge < -0.3 is 19.6 Å². The SMILES string of the molecule is Oc1ccccc1-c1cccc(N(c2[c-]c(-n3[c-]ncc3)ccc2)c2ccccc2)n1.[Pt+2]. The van der Waals surface area contributed by atoms with E-state index in [9.17, 15) is 5.11 Å². The minimum atomic E-state index is 0. The van der Waals surface area contributed by atoms with E-state index in [1.54, 1.807) is 22.9 Å². The molecule has 0 amide bonds. The Hall–Kier alpha value is -3.69. The van der Waals surface area contributed by atoms with Crippen molar-refractivity contribution in [1.82, 2.24) is 14.5 Å². The van der Waals surface area contributed by atoms with Crippen LogP contribution in [0.25, 0.3) is 16.9 Å². The molecule has 0 radical (unpaired) electrons. The Morgan fingerprint density at radius 2 is 1.59 bits per heavy atom. The second kappa shape index (κ2) is 9.63. The molecule has 0 unspecified atom stereocenters. The third kappa shape index (κ3) is 4.34. The third-order valence-corrected chi connectivity index (χ3v) is 4.88. The zero-order valence-electron chi connectivity index (χ0n) is 16.9. The van der Waals surface area contributed by atoms with Gasteiger partial charge in [-0.3, -0.25) is 0 Å². The summed E-state index contributed by atoms with van der Waals surface area (Å²) in [5, 5.41) is 10.3. The van der Waals surface area contributed by atoms with Crippen LogP contribution in [0.15, 0.2) is 103 Å². The Labute approximate surface area is 200 Å². The fourth-order valence-electron chi connectivity index (χ4n) is 3.44. The van der Waals surface area contributed by atoms with Crippen LogP contribution in [0, 0.1) is 12.4 Å². The molecule has 5 aromatic rings. The summed E-state index contributed by atoms with van der Waals surface area (Å²) >= 11 is 0. The number of pyridine rings is 1. The van der Waals surface area contributed by atoms with E-state index in [2.05, 4.69) is 17.4 Å². The van der Waals surface area contributed by atoms with Crippen molar-refractivity contribution in [2.24, 2.45) is 0 Å². The molecule has 0 aliphatic rings. The van der Waals surface area contributed by atoms with E-state index in [1.807, 2.05) is 90.0 Å². The molecule has 1 N–H and O–H groups in total. The van der Waals surface area contributed by atoms with Crippen molar-refractivity contribution in [3.63, 3.8) is 0 Å². The molecule has 2 aromatic heterocycles. The Kier molecular flexibility index (Phi) is 6.48. The molecule has 6 heteroatoms. The molecule has 0 saturated carbocycles. The zero-order valence-corrected chi connectivity index (χ0v) is 19.1. The van der Waals surface area contributed by atoms with Gasteiger partial charge in [-0.1, -0.05) is 54.5 Å². The monoisotopic (exact) mass is 597 g/mol. The Morgan fingerprint density at radius 1 is 0.812 bits per heavy atom. The number of aromatic hydroxyl groups is 1. The van der Waals surface area contributed by atoms with E-state index in [1.165, 1.54) is 0 Å². The topological polar surface area (TPSA) is 54.2 Å². The van der Waals surface area contributed by atoms with Gasteiger partial charge in [0.1, 0.15) is 11.6 Å². The molecule has 158 valence electrons. The first-order chi connectivity index (χ1) is 15.3. The Balaban J connectivity index is 0.00000245. The van der Waals surface area contributed by atoms with Gasteiger partial charge in [0.2, 0.25) is 0 Å². The first-order valence-electron chi connectivity index (χ1n) is 9.84. The molecule has 0 saturated heterocycles. The zero-order chi connectivity index (χ0) is 21.0. The number of phenols is 1. The van der Waals surface area contributed by atoms with E-state index in [0.29, 0.717) is 11.3 Å². The second-order valence-corrected chi connectivity index (χ2v) is 6.89. The minimum absolute atomic E-state index is 0. The van der Waals surface area contributed by atoms with Crippen LogP contribution in [0.1, 0.15) is 0 Å². The first kappa shape index (κ1) is 21.5. The first-order valence-corrected chi connectivity index (χ1v) is 9.84. The quantitative estimate of drug-likeness (QED) is 0.264. The number of imidazole rings is 1. The molecule has 5 rings (SSSR count). The van der Waals surface area contributed by atoms with Crippen LogP contribution >= 0.6 is 0 Å². The van der Waals surface area contributed by atoms with Crippen LogP contribution < -0.4 is 4.90 Å². The average molecular weight is 598 g/mol. The normalized spacial score (nSPS) is 10.4. The molecule has 0 spiro atoms. The number of para-hydroxylation sites is 2. The maximum Gasteiger partial charge on any atom is 2.00 e. The van der Waals surface area contributed by atoms with Crippen molar-refractivity contribution in [2.75, 3.05) is 4.90 Å². The fraction of sp³-hybridized carbons (Fsp3) is 0. The van der Waals surface area contributed by atoms with Crippen molar-refractivity contribution in [1.29, 1.82) is 0 Å². The molecule has 0 fully saturated rings. The molecule has 5 nitrogen and oxygen atoms in total. The van der Waals surface area contributed by atoms with Gasteiger partial charge in [0, 0.05) is 17.6 Å². The summed E-state index contributed by atoms with van der Waals surface area (Å²) in [6.45, 7) is 0. The van der Waals surface area contributed by atoms with Gasteiger partial charge >= 0.3 is 21.1 Å². The summed E-state index contributed by atoms with van der Waals surface area (Å²) in [4.78, 5) is 10.9. The molecule has 0 atom stereocenters. The second-order valence-electron chi connectivity index (χ2n) is 6.89. The van der Waals surface area contributed by atoms with Crippen molar-refractivity contribution in [3.8, 4) is 22.7 Å². The van der Waals surface area contributed by atoms with Gasteiger partial charge in [-0.15, -0.1) is 6.07 Å². The van der Waals surface area contributed by atoms with Gasteiger partial charge in [0.05, 0.1) is 5.69 Å². The van der Waals surface area contributed by atoms with E-state index < -0.39 is 0 Å². The van der Waals surface area contributed by atoms with Gasteiger partial charge in [0.25, 0.3) is 0 Å². The van der Waals surface area contributed by atoms with Crippen LogP contribution in [-0.4, -0.2) is 19.6 Å². The van der Waals surface area contributed by atoms with Crippen molar-refractivity contribution in [3.05, 3.63) is 116 Å². The summed E-state index contributed by atoms with van der Waals surface area (Å²) < 4.78 is 1.79. The molecule has 0 bridgehead atoms. The number of aromatic nitrogens is 3. The summed E-state index contributed by atoms with van der Waals surface area (Å²) in [5.41, 5.74) is 3.98. The molecule has 2 heterocycles. The molecule has 0 aliphatic heterocycles. The number of anilines is 3. The largest absolute Gasteiger partial charge is 2.00 e. The summed E-state index contributed by atoms with van der Waals surface area (Å²) in [7, 11) is 0. The van der Waals surface area contributed by atoms with E-state index >= 15 is 0 Å². The molecule has 3 aromatic carbocycles. The Morgan fingerprint density at radius 3 is 2.38 bits per heavy atom. The summed E-state index contributed by atoms with van der Waals surface area (Å²) in [6.07, 6.45) is 6.43. The molecular formula is C26H18N4OPt. The predicted molar refractivity (Wildman–Crippen MR) is 121 cm³/mol. The average Bonchev–Trinajstić information content (AvgIpc) is 3.36. The molecular weight excluding hydrogens is 579 g/mol. The van der Waals surface area contributed by atoms with Gasteiger partial charge in [-0.05, 0) is 36.4 Å². The van der Waals surface area contributed by atoms with Crippen LogP contribution in [0.5, 0.6) is 5.75 Å². The van der Waals surface area contributed by atoms with Crippen LogP contribution in [-0.2, 0) is 21.1 Å². The van der Waals surface area contributed by atoms with Crippen molar-refractivity contribution in [2.45, 2.75) is 0 Å². The van der Waals surface area contributed by atoms with Crippen LogP contribution in [0.4, 0.5) is 17.2 Å². The van der Waals surface area contributed by atoms with Crippen molar-refractivity contribution < 1.29 is 26.2 Å². The maximum atomic E-state index is 10.3. The van der Waals surface area contributed by atoms with Gasteiger partial charge in [-0.25, -0.2) is 4.98 Å². The van der Waals surface area contributed by atoms with Gasteiger partial charge in [-0.2, -0.15) is 23.9 Å². The molecule has 0 aliphatic carbocycles. The van der Waals surface area contributed by atoms with E-state index in [0.717, 1.165) is 22.9 Å². The third-order valence-electron chi connectivity index (χ3n) is 4.88. The fourth-order valence-corrected chi connectivity index (χ4v) is 3.44. The van der Waals surface area contributed by atoms with Crippen molar-refractivity contribution >= 4 is 17.2 Å². The summed E-state index contributed by atoms with van der Waals surface area (Å²) in [6, 6.07) is 32.3. The summed E-state index contributed by atoms with van der Waals surface area (Å²) in [5.74, 6) is 0.914. The van der Waals surface area contributed by atoms with Crippen LogP contribution in [0.3, 0.4) is 0 Å². The van der Waals surface area contributed by atoms with E-state index in [-0.39, 0.29) is 26.8 Å². The standard InChI is InChI=1S/C26H18N4O.Pt/c31-25-14-5-4-12-23(25)24-13-7-15-26(28-24)30(20-8-2-1-3-9-20)22-11-6-10-21(18-22)29-17-16-27-19-29;/h1-17,31H;/q-2;+2. The molecule has 32 heavy (non-hydrogen) atoms. The number of nitrogens with zero attached hydrogens (tertiary/aromatic N) is 4. The minimum Gasteiger partial charge on any atom is -0.507 e. The number of phenolic OH excluding ortho intramolecular Hbond substituents is 1. The predicted octanol–water partition coefficient (Wildman–Crippen LogP) is 5.71. The number of benzene rings is 3. The maximum absolute atomic E-state index is 10.3. The Bertz CT molecular complexity index is 1310. The van der Waals surface area contributed by atoms with Crippen LogP contribution in [0.2, 0.25) is 0 Å². The van der Waals surface area contributed by atoms with E-state index in [4.69, 9.17) is 4.98 Å². The van der Waals surface area contributed by atoms with Gasteiger partial charge in [0.15, 0.2) is 0 Å². The smallest absolute Gasteiger partial charge is 0.507 e. The number of hydrogen-bond acceptors (Lipinski definition) is 4.